The number of primary amides is 1. The van der Waals surface area contributed by atoms with Crippen molar-refractivity contribution in [3.8, 4) is 11.3 Å². The highest BCUT2D eigenvalue weighted by Gasteiger charge is 2.18. The van der Waals surface area contributed by atoms with Crippen LogP contribution in [0.5, 0.6) is 0 Å². The number of nitrogens with two attached hydrogens (primary N) is 1. The van der Waals surface area contributed by atoms with Crippen LogP contribution in [0.1, 0.15) is 21.6 Å². The molecule has 0 saturated heterocycles. The molecule has 0 spiro atoms. The quantitative estimate of drug-likeness (QED) is 0.450. The van der Waals surface area contributed by atoms with E-state index in [0.717, 1.165) is 5.56 Å². The zero-order chi connectivity index (χ0) is 20.4. The van der Waals surface area contributed by atoms with Gasteiger partial charge in [-0.25, -0.2) is 0 Å². The monoisotopic (exact) mass is 417 g/mol. The number of rotatable bonds is 6. The Morgan fingerprint density at radius 3 is 2.57 bits per heavy atom. The molecule has 0 fully saturated rings. The molecule has 8 heteroatoms. The number of nitro benzene ring substituents is 1. The molecular formula is C20H17Cl2N3O3. The summed E-state index contributed by atoms with van der Waals surface area (Å²) in [6, 6.07) is 13.2. The molecule has 0 bridgehead atoms. The zero-order valence-electron chi connectivity index (χ0n) is 15.0. The molecule has 1 heterocycles. The molecule has 3 rings (SSSR count). The fourth-order valence-corrected chi connectivity index (χ4v) is 3.66. The van der Waals surface area contributed by atoms with Crippen LogP contribution in [0.15, 0.2) is 48.5 Å². The minimum Gasteiger partial charge on any atom is -0.366 e. The Balaban J connectivity index is 2.03. The van der Waals surface area contributed by atoms with Crippen molar-refractivity contribution in [1.82, 2.24) is 4.57 Å². The summed E-state index contributed by atoms with van der Waals surface area (Å²) in [6.07, 6.45) is 0.589. The van der Waals surface area contributed by atoms with E-state index in [1.807, 2.05) is 10.6 Å². The lowest BCUT2D eigenvalue weighted by atomic mass is 10.1. The van der Waals surface area contributed by atoms with Crippen LogP contribution in [-0.2, 0) is 13.0 Å². The van der Waals surface area contributed by atoms with E-state index in [9.17, 15) is 14.9 Å². The van der Waals surface area contributed by atoms with Crippen LogP contribution in [0, 0.1) is 17.0 Å². The smallest absolute Gasteiger partial charge is 0.270 e. The molecule has 0 saturated carbocycles. The Hall–Kier alpha value is -2.83. The van der Waals surface area contributed by atoms with E-state index in [0.29, 0.717) is 45.5 Å². The maximum atomic E-state index is 11.8. The number of benzene rings is 2. The predicted octanol–water partition coefficient (Wildman–Crippen LogP) is 5.02. The molecule has 0 unspecified atom stereocenters. The van der Waals surface area contributed by atoms with Crippen LogP contribution in [-0.4, -0.2) is 15.4 Å². The number of halogens is 2. The zero-order valence-corrected chi connectivity index (χ0v) is 16.5. The normalized spacial score (nSPS) is 10.8. The average molecular weight is 418 g/mol. The third kappa shape index (κ3) is 4.03. The lowest BCUT2D eigenvalue weighted by molar-refractivity contribution is -0.384. The first-order chi connectivity index (χ1) is 13.3. The van der Waals surface area contributed by atoms with Gasteiger partial charge in [-0.1, -0.05) is 41.4 Å². The highest BCUT2D eigenvalue weighted by atomic mass is 35.5. The fraction of sp³-hybridized carbons (Fsp3) is 0.150. The van der Waals surface area contributed by atoms with Gasteiger partial charge in [-0.15, -0.1) is 0 Å². The number of hydrogen-bond acceptors (Lipinski definition) is 3. The number of carbonyl (C=O) groups is 1. The predicted molar refractivity (Wildman–Crippen MR) is 110 cm³/mol. The number of nitrogens with zero attached hydrogens (tertiary/aromatic N) is 2. The fourth-order valence-electron chi connectivity index (χ4n) is 3.16. The second-order valence-corrected chi connectivity index (χ2v) is 7.18. The molecule has 3 aromatic rings. The van der Waals surface area contributed by atoms with Gasteiger partial charge in [-0.05, 0) is 37.1 Å². The third-order valence-electron chi connectivity index (χ3n) is 4.60. The minimum atomic E-state index is -0.549. The molecule has 0 aliphatic rings. The molecule has 0 atom stereocenters. The molecule has 28 heavy (non-hydrogen) atoms. The van der Waals surface area contributed by atoms with Crippen molar-refractivity contribution in [2.24, 2.45) is 5.73 Å². The van der Waals surface area contributed by atoms with E-state index >= 15 is 0 Å². The van der Waals surface area contributed by atoms with Crippen molar-refractivity contribution in [1.29, 1.82) is 0 Å². The Bertz CT molecular complexity index is 1080. The molecule has 6 nitrogen and oxygen atoms in total. The first kappa shape index (κ1) is 19.9. The molecule has 1 aromatic heterocycles. The molecule has 0 aliphatic carbocycles. The molecular weight excluding hydrogens is 401 g/mol. The molecule has 2 N–H and O–H groups in total. The van der Waals surface area contributed by atoms with E-state index in [2.05, 4.69) is 0 Å². The SMILES string of the molecule is Cc1c(C(N)=O)cc(-c2cccc([N+](=O)[O-])c2)n1CCc1ccc(Cl)cc1Cl. The Morgan fingerprint density at radius 2 is 1.93 bits per heavy atom. The molecule has 144 valence electrons. The summed E-state index contributed by atoms with van der Waals surface area (Å²) in [5.74, 6) is -0.549. The van der Waals surface area contributed by atoms with Crippen molar-refractivity contribution < 1.29 is 9.72 Å². The van der Waals surface area contributed by atoms with Crippen LogP contribution in [0.4, 0.5) is 5.69 Å². The number of non-ortho nitro benzene ring substituents is 1. The lowest BCUT2D eigenvalue weighted by Crippen LogP contribution is -2.13. The second kappa shape index (κ2) is 8.04. The van der Waals surface area contributed by atoms with Gasteiger partial charge in [0.1, 0.15) is 0 Å². The van der Waals surface area contributed by atoms with E-state index in [4.69, 9.17) is 28.9 Å². The van der Waals surface area contributed by atoms with Crippen LogP contribution < -0.4 is 5.73 Å². The number of aryl methyl sites for hydroxylation is 1. The van der Waals surface area contributed by atoms with Gasteiger partial charge in [0.05, 0.1) is 10.5 Å². The van der Waals surface area contributed by atoms with E-state index in [1.165, 1.54) is 12.1 Å². The van der Waals surface area contributed by atoms with Gasteiger partial charge in [0, 0.05) is 45.7 Å². The first-order valence-electron chi connectivity index (χ1n) is 8.46. The molecule has 1 amide bonds. The van der Waals surface area contributed by atoms with Crippen LogP contribution in [0.3, 0.4) is 0 Å². The first-order valence-corrected chi connectivity index (χ1v) is 9.22. The minimum absolute atomic E-state index is 0.0238. The average Bonchev–Trinajstić information content (AvgIpc) is 2.98. The third-order valence-corrected chi connectivity index (χ3v) is 5.19. The number of aromatic nitrogens is 1. The van der Waals surface area contributed by atoms with Crippen molar-refractivity contribution in [2.75, 3.05) is 0 Å². The lowest BCUT2D eigenvalue weighted by Gasteiger charge is -2.13. The van der Waals surface area contributed by atoms with Gasteiger partial charge in [0.25, 0.3) is 11.6 Å². The van der Waals surface area contributed by atoms with Crippen molar-refractivity contribution in [3.05, 3.63) is 85.5 Å². The summed E-state index contributed by atoms with van der Waals surface area (Å²) < 4.78 is 1.92. The second-order valence-electron chi connectivity index (χ2n) is 6.34. The summed E-state index contributed by atoms with van der Waals surface area (Å²) in [5, 5.41) is 12.2. The van der Waals surface area contributed by atoms with Crippen LogP contribution >= 0.6 is 23.2 Å². The summed E-state index contributed by atoms with van der Waals surface area (Å²) >= 11 is 12.2. The molecule has 0 aliphatic heterocycles. The number of amides is 1. The van der Waals surface area contributed by atoms with E-state index in [1.54, 1.807) is 37.3 Å². The summed E-state index contributed by atoms with van der Waals surface area (Å²) in [4.78, 5) is 22.5. The Kier molecular flexibility index (Phi) is 5.72. The Labute approximate surface area is 171 Å². The summed E-state index contributed by atoms with van der Waals surface area (Å²) in [6.45, 7) is 2.31. The maximum Gasteiger partial charge on any atom is 0.270 e. The van der Waals surface area contributed by atoms with Gasteiger partial charge in [-0.3, -0.25) is 14.9 Å². The largest absolute Gasteiger partial charge is 0.366 e. The summed E-state index contributed by atoms with van der Waals surface area (Å²) in [7, 11) is 0. The van der Waals surface area contributed by atoms with Gasteiger partial charge < -0.3 is 10.3 Å². The number of nitro groups is 1. The Morgan fingerprint density at radius 1 is 1.18 bits per heavy atom. The topological polar surface area (TPSA) is 91.2 Å². The summed E-state index contributed by atoms with van der Waals surface area (Å²) in [5.41, 5.74) is 8.77. The molecule has 0 radical (unpaired) electrons. The van der Waals surface area contributed by atoms with Gasteiger partial charge in [-0.2, -0.15) is 0 Å². The van der Waals surface area contributed by atoms with Gasteiger partial charge >= 0.3 is 0 Å². The van der Waals surface area contributed by atoms with Crippen molar-refractivity contribution in [3.63, 3.8) is 0 Å². The number of hydrogen-bond donors (Lipinski definition) is 1. The van der Waals surface area contributed by atoms with Gasteiger partial charge in [0.15, 0.2) is 0 Å². The van der Waals surface area contributed by atoms with Crippen LogP contribution in [0.2, 0.25) is 10.0 Å². The number of carbonyl (C=O) groups excluding carboxylic acids is 1. The van der Waals surface area contributed by atoms with E-state index in [-0.39, 0.29) is 5.69 Å². The van der Waals surface area contributed by atoms with E-state index < -0.39 is 10.8 Å². The highest BCUT2D eigenvalue weighted by molar-refractivity contribution is 6.35. The van der Waals surface area contributed by atoms with Crippen LogP contribution in [0.25, 0.3) is 11.3 Å². The van der Waals surface area contributed by atoms with Gasteiger partial charge in [0.2, 0.25) is 0 Å². The molecule has 2 aromatic carbocycles. The maximum absolute atomic E-state index is 11.8. The highest BCUT2D eigenvalue weighted by Crippen LogP contribution is 2.29. The standard InChI is InChI=1S/C20H17Cl2N3O3/c1-12-17(20(23)26)11-19(14-3-2-4-16(9-14)25(27)28)24(12)8-7-13-5-6-15(21)10-18(13)22/h2-6,9-11H,7-8H2,1H3,(H2,23,26). The van der Waals surface area contributed by atoms with Crippen molar-refractivity contribution >= 4 is 34.8 Å². The van der Waals surface area contributed by atoms with Crippen molar-refractivity contribution in [2.45, 2.75) is 19.9 Å².